The Morgan fingerprint density at radius 3 is 2.84 bits per heavy atom. The Morgan fingerprint density at radius 1 is 1.16 bits per heavy atom. The summed E-state index contributed by atoms with van der Waals surface area (Å²) < 4.78 is 11.8. The van der Waals surface area contributed by atoms with Crippen molar-refractivity contribution in [2.24, 2.45) is 5.18 Å². The summed E-state index contributed by atoms with van der Waals surface area (Å²) in [4.78, 5) is 17.8. The van der Waals surface area contributed by atoms with Crippen molar-refractivity contribution in [2.75, 3.05) is 33.4 Å². The van der Waals surface area contributed by atoms with Crippen LogP contribution in [0.2, 0.25) is 0 Å². The van der Waals surface area contributed by atoms with Gasteiger partial charge in [0.25, 0.3) is 0 Å². The third-order valence-electron chi connectivity index (χ3n) is 6.84. The minimum absolute atomic E-state index is 0.209. The topological polar surface area (TPSA) is 67.9 Å². The lowest BCUT2D eigenvalue weighted by atomic mass is 9.93. The SMILES string of the molecule is COCCN1CCCC(c2cc(-c3ccc4c(c3)CCC4N=O)c(-c3ccncc3)o2)C1. The molecule has 6 nitrogen and oxygen atoms in total. The number of benzene rings is 1. The van der Waals surface area contributed by atoms with E-state index in [0.717, 1.165) is 85.7 Å². The van der Waals surface area contributed by atoms with Crippen molar-refractivity contribution in [3.05, 3.63) is 70.6 Å². The van der Waals surface area contributed by atoms with E-state index >= 15 is 0 Å². The third-order valence-corrected chi connectivity index (χ3v) is 6.84. The highest BCUT2D eigenvalue weighted by atomic mass is 16.5. The maximum atomic E-state index is 11.2. The number of nitrogens with zero attached hydrogens (tertiary/aromatic N) is 3. The van der Waals surface area contributed by atoms with E-state index < -0.39 is 0 Å². The Morgan fingerprint density at radius 2 is 2.03 bits per heavy atom. The molecular formula is C26H29N3O3. The van der Waals surface area contributed by atoms with E-state index in [9.17, 15) is 4.91 Å². The number of nitroso groups, excluding NO2 is 1. The number of hydrogen-bond acceptors (Lipinski definition) is 6. The number of fused-ring (bicyclic) bond motifs is 1. The molecule has 0 saturated carbocycles. The summed E-state index contributed by atoms with van der Waals surface area (Å²) >= 11 is 0. The van der Waals surface area contributed by atoms with Crippen LogP contribution in [0, 0.1) is 4.91 Å². The van der Waals surface area contributed by atoms with Crippen LogP contribution in [0.3, 0.4) is 0 Å². The number of furan rings is 1. The van der Waals surface area contributed by atoms with Crippen molar-refractivity contribution >= 4 is 0 Å². The highest BCUT2D eigenvalue weighted by Gasteiger charge is 2.28. The van der Waals surface area contributed by atoms with E-state index in [1.165, 1.54) is 5.56 Å². The highest BCUT2D eigenvalue weighted by molar-refractivity contribution is 5.81. The van der Waals surface area contributed by atoms with Crippen LogP contribution >= 0.6 is 0 Å². The van der Waals surface area contributed by atoms with Gasteiger partial charge in [-0.15, -0.1) is 0 Å². The molecule has 6 heteroatoms. The lowest BCUT2D eigenvalue weighted by Crippen LogP contribution is -2.36. The minimum Gasteiger partial charge on any atom is -0.460 e. The fourth-order valence-corrected chi connectivity index (χ4v) is 5.13. The molecule has 2 unspecified atom stereocenters. The van der Waals surface area contributed by atoms with Gasteiger partial charge >= 0.3 is 0 Å². The second-order valence-electron chi connectivity index (χ2n) is 8.83. The second kappa shape index (κ2) is 9.35. The van der Waals surface area contributed by atoms with Gasteiger partial charge in [-0.25, -0.2) is 0 Å². The molecule has 1 saturated heterocycles. The molecule has 0 spiro atoms. The molecule has 5 rings (SSSR count). The normalized spacial score (nSPS) is 20.9. The molecule has 1 aliphatic heterocycles. The van der Waals surface area contributed by atoms with E-state index in [4.69, 9.17) is 9.15 Å². The number of aryl methyl sites for hydroxylation is 1. The lowest BCUT2D eigenvalue weighted by molar-refractivity contribution is 0.125. The molecule has 32 heavy (non-hydrogen) atoms. The Labute approximate surface area is 188 Å². The van der Waals surface area contributed by atoms with Gasteiger partial charge in [0.2, 0.25) is 0 Å². The number of piperidine rings is 1. The molecule has 0 N–H and O–H groups in total. The fraction of sp³-hybridized carbons (Fsp3) is 0.423. The van der Waals surface area contributed by atoms with Crippen LogP contribution in [0.1, 0.15) is 48.1 Å². The summed E-state index contributed by atoms with van der Waals surface area (Å²) in [6.45, 7) is 3.81. The highest BCUT2D eigenvalue weighted by Crippen LogP contribution is 2.42. The molecule has 2 aromatic heterocycles. The zero-order valence-electron chi connectivity index (χ0n) is 18.5. The van der Waals surface area contributed by atoms with Gasteiger partial charge in [-0.2, -0.15) is 4.91 Å². The number of aromatic nitrogens is 1. The maximum absolute atomic E-state index is 11.2. The lowest BCUT2D eigenvalue weighted by Gasteiger charge is -2.31. The maximum Gasteiger partial charge on any atom is 0.142 e. The van der Waals surface area contributed by atoms with Crippen molar-refractivity contribution in [1.82, 2.24) is 9.88 Å². The number of ether oxygens (including phenoxy) is 1. The summed E-state index contributed by atoms with van der Waals surface area (Å²) in [5, 5.41) is 3.30. The summed E-state index contributed by atoms with van der Waals surface area (Å²) in [5.74, 6) is 2.30. The molecule has 1 fully saturated rings. The first kappa shape index (κ1) is 21.0. The first-order chi connectivity index (χ1) is 15.8. The van der Waals surface area contributed by atoms with Crippen LogP contribution in [0.5, 0.6) is 0 Å². The molecule has 0 bridgehead atoms. The minimum atomic E-state index is -0.209. The van der Waals surface area contributed by atoms with E-state index in [0.29, 0.717) is 5.92 Å². The van der Waals surface area contributed by atoms with E-state index in [1.807, 2.05) is 12.1 Å². The third kappa shape index (κ3) is 4.12. The van der Waals surface area contributed by atoms with Crippen molar-refractivity contribution in [3.63, 3.8) is 0 Å². The average Bonchev–Trinajstić information content (AvgIpc) is 3.47. The summed E-state index contributed by atoms with van der Waals surface area (Å²) in [6.07, 6.45) is 7.59. The van der Waals surface area contributed by atoms with Gasteiger partial charge in [0.1, 0.15) is 17.6 Å². The predicted octanol–water partition coefficient (Wildman–Crippen LogP) is 5.59. The molecule has 2 aliphatic rings. The fourth-order valence-electron chi connectivity index (χ4n) is 5.13. The van der Waals surface area contributed by atoms with Crippen molar-refractivity contribution in [1.29, 1.82) is 0 Å². The monoisotopic (exact) mass is 431 g/mol. The van der Waals surface area contributed by atoms with Gasteiger partial charge in [-0.3, -0.25) is 4.98 Å². The molecular weight excluding hydrogens is 402 g/mol. The quantitative estimate of drug-likeness (QED) is 0.456. The van der Waals surface area contributed by atoms with Crippen LogP contribution in [-0.2, 0) is 11.2 Å². The second-order valence-corrected chi connectivity index (χ2v) is 8.83. The van der Waals surface area contributed by atoms with Crippen molar-refractivity contribution in [2.45, 2.75) is 37.6 Å². The summed E-state index contributed by atoms with van der Waals surface area (Å²) in [6, 6.07) is 12.4. The van der Waals surface area contributed by atoms with E-state index in [-0.39, 0.29) is 6.04 Å². The van der Waals surface area contributed by atoms with Gasteiger partial charge in [-0.05, 0) is 67.1 Å². The molecule has 166 valence electrons. The first-order valence-corrected chi connectivity index (χ1v) is 11.5. The smallest absolute Gasteiger partial charge is 0.142 e. The van der Waals surface area contributed by atoms with Gasteiger partial charge in [0.15, 0.2) is 0 Å². The standard InChI is InChI=1S/C26H29N3O3/c1-31-14-13-29-12-2-3-21(17-29)25-16-23(26(32-25)18-8-10-27-11-9-18)20-4-6-22-19(15-20)5-7-24(22)28-30/h4,6,8-11,15-16,21,24H,2-3,5,7,12-14,17H2,1H3. The van der Waals surface area contributed by atoms with Crippen LogP contribution in [0.15, 0.2) is 58.4 Å². The van der Waals surface area contributed by atoms with Crippen molar-refractivity contribution < 1.29 is 9.15 Å². The molecule has 1 aromatic carbocycles. The summed E-state index contributed by atoms with van der Waals surface area (Å²) in [5.41, 5.74) is 5.55. The number of methoxy groups -OCH3 is 1. The van der Waals surface area contributed by atoms with E-state index in [2.05, 4.69) is 39.3 Å². The van der Waals surface area contributed by atoms with Gasteiger partial charge in [0, 0.05) is 49.6 Å². The molecule has 1 aliphatic carbocycles. The molecule has 3 aromatic rings. The molecule has 0 amide bonds. The Bertz CT molecular complexity index is 1080. The zero-order chi connectivity index (χ0) is 21.9. The van der Waals surface area contributed by atoms with E-state index in [1.54, 1.807) is 19.5 Å². The summed E-state index contributed by atoms with van der Waals surface area (Å²) in [7, 11) is 1.76. The predicted molar refractivity (Wildman–Crippen MR) is 125 cm³/mol. The molecule has 0 radical (unpaired) electrons. The Balaban J connectivity index is 1.51. The Hall–Kier alpha value is -2.83. The first-order valence-electron chi connectivity index (χ1n) is 11.5. The van der Waals surface area contributed by atoms with Crippen LogP contribution in [-0.4, -0.2) is 43.2 Å². The van der Waals surface area contributed by atoms with Gasteiger partial charge < -0.3 is 14.1 Å². The van der Waals surface area contributed by atoms with Gasteiger partial charge in [0.05, 0.1) is 6.61 Å². The van der Waals surface area contributed by atoms with Gasteiger partial charge in [-0.1, -0.05) is 23.4 Å². The Kier molecular flexibility index (Phi) is 6.14. The molecule has 2 atom stereocenters. The largest absolute Gasteiger partial charge is 0.460 e. The van der Waals surface area contributed by atoms with Crippen LogP contribution < -0.4 is 0 Å². The zero-order valence-corrected chi connectivity index (χ0v) is 18.5. The number of likely N-dealkylation sites (tertiary alicyclic amines) is 1. The number of pyridine rings is 1. The average molecular weight is 432 g/mol. The number of rotatable bonds is 7. The number of hydrogen-bond donors (Lipinski definition) is 0. The van der Waals surface area contributed by atoms with Crippen LogP contribution in [0.25, 0.3) is 22.5 Å². The van der Waals surface area contributed by atoms with Crippen molar-refractivity contribution in [3.8, 4) is 22.5 Å². The van der Waals surface area contributed by atoms with Crippen LogP contribution in [0.4, 0.5) is 0 Å². The molecule has 3 heterocycles.